The van der Waals surface area contributed by atoms with Crippen molar-refractivity contribution in [3.8, 4) is 5.75 Å². The van der Waals surface area contributed by atoms with Crippen LogP contribution in [0.1, 0.15) is 49.8 Å². The van der Waals surface area contributed by atoms with Gasteiger partial charge in [-0.3, -0.25) is 4.90 Å². The number of anilines is 1. The third-order valence-corrected chi connectivity index (χ3v) is 7.60. The molecule has 1 heterocycles. The molecule has 0 spiro atoms. The lowest BCUT2D eigenvalue weighted by atomic mass is 9.89. The van der Waals surface area contributed by atoms with Crippen LogP contribution in [0.15, 0.2) is 97.1 Å². The van der Waals surface area contributed by atoms with Crippen molar-refractivity contribution in [1.82, 2.24) is 10.2 Å². The smallest absolute Gasteiger partial charge is 0.123 e. The van der Waals surface area contributed by atoms with E-state index in [1.165, 1.54) is 34.0 Å². The van der Waals surface area contributed by atoms with Crippen LogP contribution >= 0.6 is 0 Å². The van der Waals surface area contributed by atoms with Gasteiger partial charge in [-0.05, 0) is 53.8 Å². The number of fused-ring (bicyclic) bond motifs is 1. The predicted octanol–water partition coefficient (Wildman–Crippen LogP) is 7.38. The third-order valence-electron chi connectivity index (χ3n) is 7.60. The van der Waals surface area contributed by atoms with Gasteiger partial charge in [0.05, 0.1) is 19.3 Å². The molecule has 4 nitrogen and oxygen atoms in total. The molecule has 0 saturated carbocycles. The molecule has 192 valence electrons. The maximum absolute atomic E-state index is 5.62. The molecule has 5 rings (SSSR count). The fourth-order valence-electron chi connectivity index (χ4n) is 5.82. The van der Waals surface area contributed by atoms with Gasteiger partial charge in [-0.1, -0.05) is 92.2 Å². The Morgan fingerprint density at radius 2 is 1.65 bits per heavy atom. The van der Waals surface area contributed by atoms with Crippen LogP contribution in [0.3, 0.4) is 0 Å². The van der Waals surface area contributed by atoms with Crippen LogP contribution in [-0.4, -0.2) is 30.8 Å². The van der Waals surface area contributed by atoms with Crippen LogP contribution in [-0.2, 0) is 6.54 Å². The monoisotopic (exact) mass is 493 g/mol. The Bertz CT molecular complexity index is 1270. The lowest BCUT2D eigenvalue weighted by Gasteiger charge is -2.46. The van der Waals surface area contributed by atoms with E-state index in [9.17, 15) is 0 Å². The van der Waals surface area contributed by atoms with E-state index in [2.05, 4.69) is 107 Å². The first kappa shape index (κ1) is 25.3. The summed E-state index contributed by atoms with van der Waals surface area (Å²) in [5.41, 5.74) is 3.77. The minimum absolute atomic E-state index is 0.257. The molecule has 3 atom stereocenters. The Balaban J connectivity index is 1.42. The van der Waals surface area contributed by atoms with Gasteiger partial charge >= 0.3 is 0 Å². The summed E-state index contributed by atoms with van der Waals surface area (Å²) in [5.74, 6) is 0.945. The number of hydrogen-bond donors (Lipinski definition) is 2. The van der Waals surface area contributed by atoms with Crippen molar-refractivity contribution in [3.63, 3.8) is 0 Å². The highest BCUT2D eigenvalue weighted by Gasteiger charge is 2.36. The largest absolute Gasteiger partial charge is 0.496 e. The Kier molecular flexibility index (Phi) is 8.39. The molecule has 4 aromatic rings. The quantitative estimate of drug-likeness (QED) is 0.242. The predicted molar refractivity (Wildman–Crippen MR) is 155 cm³/mol. The van der Waals surface area contributed by atoms with Gasteiger partial charge in [0, 0.05) is 30.4 Å². The van der Waals surface area contributed by atoms with Gasteiger partial charge in [-0.25, -0.2) is 0 Å². The Labute approximate surface area is 221 Å². The molecular formula is C33H39N3O. The van der Waals surface area contributed by atoms with Gasteiger partial charge in [-0.15, -0.1) is 0 Å². The number of para-hydroxylation sites is 1. The minimum atomic E-state index is 0.257. The molecule has 0 radical (unpaired) electrons. The topological polar surface area (TPSA) is 36.5 Å². The summed E-state index contributed by atoms with van der Waals surface area (Å²) in [6.45, 7) is 4.16. The van der Waals surface area contributed by atoms with Crippen molar-refractivity contribution < 1.29 is 4.74 Å². The highest BCUT2D eigenvalue weighted by molar-refractivity contribution is 5.85. The maximum Gasteiger partial charge on any atom is 0.123 e. The van der Waals surface area contributed by atoms with Crippen LogP contribution in [0.4, 0.5) is 5.69 Å². The van der Waals surface area contributed by atoms with Crippen molar-refractivity contribution in [3.05, 3.63) is 108 Å². The second kappa shape index (κ2) is 12.3. The summed E-state index contributed by atoms with van der Waals surface area (Å²) < 4.78 is 5.62. The highest BCUT2D eigenvalue weighted by atomic mass is 16.5. The number of nitrogens with zero attached hydrogens (tertiary/aromatic N) is 1. The first-order valence-electron chi connectivity index (χ1n) is 13.7. The first-order chi connectivity index (χ1) is 18.3. The van der Waals surface area contributed by atoms with Crippen LogP contribution in [0, 0.1) is 0 Å². The second-order valence-electron chi connectivity index (χ2n) is 10.0. The zero-order chi connectivity index (χ0) is 25.5. The summed E-state index contributed by atoms with van der Waals surface area (Å²) >= 11 is 0. The average molecular weight is 494 g/mol. The Hall–Kier alpha value is -3.34. The van der Waals surface area contributed by atoms with E-state index < -0.39 is 0 Å². The molecule has 37 heavy (non-hydrogen) atoms. The summed E-state index contributed by atoms with van der Waals surface area (Å²) in [6, 6.07) is 35.3. The van der Waals surface area contributed by atoms with Gasteiger partial charge in [0.2, 0.25) is 0 Å². The number of ether oxygens (including phenoxy) is 1. The van der Waals surface area contributed by atoms with Crippen LogP contribution in [0.2, 0.25) is 0 Å². The van der Waals surface area contributed by atoms with Gasteiger partial charge in [0.1, 0.15) is 5.75 Å². The second-order valence-corrected chi connectivity index (χ2v) is 10.0. The van der Waals surface area contributed by atoms with Crippen molar-refractivity contribution in [1.29, 1.82) is 0 Å². The molecule has 0 aromatic heterocycles. The van der Waals surface area contributed by atoms with Gasteiger partial charge < -0.3 is 15.4 Å². The molecule has 0 bridgehead atoms. The molecule has 1 aliphatic heterocycles. The average Bonchev–Trinajstić information content (AvgIpc) is 2.96. The molecule has 4 heteroatoms. The van der Waals surface area contributed by atoms with Gasteiger partial charge in [0.25, 0.3) is 0 Å². The van der Waals surface area contributed by atoms with Crippen LogP contribution in [0.5, 0.6) is 5.75 Å². The van der Waals surface area contributed by atoms with Crippen molar-refractivity contribution in [2.45, 2.75) is 57.4 Å². The van der Waals surface area contributed by atoms with E-state index in [0.29, 0.717) is 6.04 Å². The fraction of sp³-hybridized carbons (Fsp3) is 0.333. The van der Waals surface area contributed by atoms with Crippen LogP contribution < -0.4 is 15.4 Å². The van der Waals surface area contributed by atoms with Crippen molar-refractivity contribution in [2.24, 2.45) is 0 Å². The number of rotatable bonds is 10. The molecule has 0 aliphatic carbocycles. The molecule has 2 N–H and O–H groups in total. The molecule has 0 amide bonds. The van der Waals surface area contributed by atoms with E-state index in [4.69, 9.17) is 4.74 Å². The Morgan fingerprint density at radius 3 is 2.46 bits per heavy atom. The number of nitrogens with one attached hydrogen (secondary N) is 2. The molecule has 4 aromatic carbocycles. The van der Waals surface area contributed by atoms with E-state index in [-0.39, 0.29) is 12.2 Å². The standard InChI is InChI=1S/C33H39N3O/c1-3-12-32(35-29-21-20-25-13-7-8-16-27(25)23-29)36-22-11-18-30(33(36)26-14-5-4-6-15-26)34-24-28-17-9-10-19-31(28)37-2/h4-10,13-17,19-21,23,30,32-35H,3,11-12,18,22,24H2,1-2H3. The lowest BCUT2D eigenvalue weighted by molar-refractivity contribution is 0.0724. The molecule has 3 unspecified atom stereocenters. The summed E-state index contributed by atoms with van der Waals surface area (Å²) in [7, 11) is 1.75. The zero-order valence-corrected chi connectivity index (χ0v) is 22.1. The fourth-order valence-corrected chi connectivity index (χ4v) is 5.82. The number of piperidine rings is 1. The van der Waals surface area contributed by atoms with E-state index in [1.54, 1.807) is 7.11 Å². The molecule has 1 aliphatic rings. The number of methoxy groups -OCH3 is 1. The summed E-state index contributed by atoms with van der Waals surface area (Å²) in [5, 5.41) is 10.4. The number of hydrogen-bond acceptors (Lipinski definition) is 4. The summed E-state index contributed by atoms with van der Waals surface area (Å²) in [4.78, 5) is 2.71. The van der Waals surface area contributed by atoms with E-state index in [0.717, 1.165) is 38.1 Å². The van der Waals surface area contributed by atoms with Crippen molar-refractivity contribution in [2.75, 3.05) is 19.0 Å². The van der Waals surface area contributed by atoms with Crippen molar-refractivity contribution >= 4 is 16.5 Å². The molecule has 1 fully saturated rings. The number of likely N-dealkylation sites (tertiary alicyclic amines) is 1. The Morgan fingerprint density at radius 1 is 0.892 bits per heavy atom. The maximum atomic E-state index is 5.62. The van der Waals surface area contributed by atoms with Gasteiger partial charge in [-0.2, -0.15) is 0 Å². The van der Waals surface area contributed by atoms with E-state index in [1.807, 2.05) is 12.1 Å². The molecular weight excluding hydrogens is 454 g/mol. The first-order valence-corrected chi connectivity index (χ1v) is 13.7. The summed E-state index contributed by atoms with van der Waals surface area (Å²) in [6.07, 6.45) is 4.80. The van der Waals surface area contributed by atoms with Crippen LogP contribution in [0.25, 0.3) is 10.8 Å². The normalized spacial score (nSPS) is 19.0. The zero-order valence-electron chi connectivity index (χ0n) is 22.1. The van der Waals surface area contributed by atoms with Gasteiger partial charge in [0.15, 0.2) is 0 Å². The third kappa shape index (κ3) is 5.98. The minimum Gasteiger partial charge on any atom is -0.496 e. The number of benzene rings is 4. The highest BCUT2D eigenvalue weighted by Crippen LogP contribution is 2.35. The SMILES string of the molecule is CCCC(Nc1ccc2ccccc2c1)N1CCCC(NCc2ccccc2OC)C1c1ccccc1. The van der Waals surface area contributed by atoms with E-state index >= 15 is 0 Å². The lowest BCUT2D eigenvalue weighted by Crippen LogP contribution is -2.53. The molecule has 1 saturated heterocycles.